The van der Waals surface area contributed by atoms with Crippen LogP contribution < -0.4 is 5.73 Å². The number of fused-ring (bicyclic) bond motifs is 1. The normalized spacial score (nSPS) is 11.3. The Labute approximate surface area is 97.2 Å². The quantitative estimate of drug-likeness (QED) is 0.586. The number of aromatic hydroxyl groups is 1. The second-order valence-electron chi connectivity index (χ2n) is 3.29. The summed E-state index contributed by atoms with van der Waals surface area (Å²) in [4.78, 5) is 0. The molecule has 0 saturated heterocycles. The van der Waals surface area contributed by atoms with Gasteiger partial charge in [0.1, 0.15) is 0 Å². The van der Waals surface area contributed by atoms with Crippen LogP contribution in [0.3, 0.4) is 0 Å². The van der Waals surface area contributed by atoms with Crippen LogP contribution in [-0.2, 0) is 7.05 Å². The van der Waals surface area contributed by atoms with Crippen LogP contribution in [0.1, 0.15) is 0 Å². The van der Waals surface area contributed by atoms with Gasteiger partial charge in [0.05, 0.1) is 5.52 Å². The van der Waals surface area contributed by atoms with Gasteiger partial charge in [-0.2, -0.15) is 0 Å². The second kappa shape index (κ2) is 3.90. The van der Waals surface area contributed by atoms with E-state index in [-0.39, 0.29) is 10.9 Å². The Morgan fingerprint density at radius 2 is 2.12 bits per heavy atom. The highest BCUT2D eigenvalue weighted by molar-refractivity contribution is 7.80. The van der Waals surface area contributed by atoms with Gasteiger partial charge in [-0.25, -0.2) is 0 Å². The fourth-order valence-corrected chi connectivity index (χ4v) is 1.61. The Kier molecular flexibility index (Phi) is 2.57. The van der Waals surface area contributed by atoms with Gasteiger partial charge in [-0.3, -0.25) is 0 Å². The van der Waals surface area contributed by atoms with E-state index in [0.717, 1.165) is 10.9 Å². The van der Waals surface area contributed by atoms with Crippen LogP contribution in [0.15, 0.2) is 34.5 Å². The first-order valence-corrected chi connectivity index (χ1v) is 4.99. The number of para-hydroxylation sites is 1. The largest absolute Gasteiger partial charge is 0.504 e. The van der Waals surface area contributed by atoms with Gasteiger partial charge in [0.25, 0.3) is 0 Å². The maximum absolute atomic E-state index is 9.92. The highest BCUT2D eigenvalue weighted by atomic mass is 32.1. The van der Waals surface area contributed by atoms with Crippen molar-refractivity contribution in [3.8, 4) is 5.75 Å². The van der Waals surface area contributed by atoms with E-state index in [1.54, 1.807) is 11.6 Å². The standard InChI is InChI=1S/C10H10N4OS/c1-14-7-5-3-2-4-6(7)8(15)9(14)12-13-10(11)16/h2-5,15H,1H3,(H2,11,16)/b13-12+. The van der Waals surface area contributed by atoms with Gasteiger partial charge in [0.2, 0.25) is 5.11 Å². The van der Waals surface area contributed by atoms with Crippen molar-refractivity contribution in [3.05, 3.63) is 24.3 Å². The molecule has 0 radical (unpaired) electrons. The second-order valence-corrected chi connectivity index (χ2v) is 3.70. The molecular weight excluding hydrogens is 224 g/mol. The van der Waals surface area contributed by atoms with E-state index >= 15 is 0 Å². The molecule has 0 unspecified atom stereocenters. The van der Waals surface area contributed by atoms with Gasteiger partial charge >= 0.3 is 0 Å². The molecule has 0 bridgehead atoms. The Hall–Kier alpha value is -1.95. The molecule has 0 fully saturated rings. The van der Waals surface area contributed by atoms with Gasteiger partial charge in [-0.1, -0.05) is 12.1 Å². The number of hydrogen-bond acceptors (Lipinski definition) is 3. The highest BCUT2D eigenvalue weighted by Crippen LogP contribution is 2.37. The fraction of sp³-hybridized carbons (Fsp3) is 0.100. The number of hydrogen-bond donors (Lipinski definition) is 2. The molecule has 0 saturated carbocycles. The Bertz CT molecular complexity index is 549. The molecule has 1 heterocycles. The molecule has 6 heteroatoms. The highest BCUT2D eigenvalue weighted by Gasteiger charge is 2.12. The molecule has 0 spiro atoms. The first kappa shape index (κ1) is 10.6. The zero-order valence-electron chi connectivity index (χ0n) is 8.58. The van der Waals surface area contributed by atoms with E-state index in [1.807, 2.05) is 24.3 Å². The lowest BCUT2D eigenvalue weighted by atomic mass is 10.2. The van der Waals surface area contributed by atoms with Gasteiger partial charge in [-0.15, -0.1) is 10.2 Å². The smallest absolute Gasteiger partial charge is 0.211 e. The van der Waals surface area contributed by atoms with Crippen LogP contribution in [0, 0.1) is 0 Å². The van der Waals surface area contributed by atoms with E-state index in [9.17, 15) is 5.11 Å². The topological polar surface area (TPSA) is 75.9 Å². The van der Waals surface area contributed by atoms with Crippen molar-refractivity contribution in [2.24, 2.45) is 23.0 Å². The SMILES string of the molecule is Cn1c(/N=N/C(N)=S)c(O)c2ccccc21. The molecule has 0 aliphatic rings. The lowest BCUT2D eigenvalue weighted by Crippen LogP contribution is -2.01. The van der Waals surface area contributed by atoms with Crippen LogP contribution in [-0.4, -0.2) is 14.8 Å². The molecule has 0 aliphatic heterocycles. The summed E-state index contributed by atoms with van der Waals surface area (Å²) in [5, 5.41) is 18.0. The minimum Gasteiger partial charge on any atom is -0.504 e. The van der Waals surface area contributed by atoms with Crippen molar-refractivity contribution >= 4 is 34.1 Å². The molecule has 2 aromatic rings. The molecule has 0 aliphatic carbocycles. The Morgan fingerprint density at radius 1 is 1.44 bits per heavy atom. The molecule has 2 rings (SSSR count). The molecule has 5 nitrogen and oxygen atoms in total. The maximum Gasteiger partial charge on any atom is 0.211 e. The summed E-state index contributed by atoms with van der Waals surface area (Å²) in [5.74, 6) is 0.423. The third-order valence-electron chi connectivity index (χ3n) is 2.29. The van der Waals surface area contributed by atoms with Crippen LogP contribution in [0.5, 0.6) is 5.75 Å². The molecule has 1 aromatic carbocycles. The van der Waals surface area contributed by atoms with Crippen molar-refractivity contribution in [3.63, 3.8) is 0 Å². The number of rotatable bonds is 1. The third kappa shape index (κ3) is 1.63. The van der Waals surface area contributed by atoms with Crippen molar-refractivity contribution in [2.75, 3.05) is 0 Å². The van der Waals surface area contributed by atoms with E-state index in [1.165, 1.54) is 0 Å². The Balaban J connectivity index is 2.66. The number of thiocarbonyl (C=S) groups is 1. The summed E-state index contributed by atoms with van der Waals surface area (Å²) in [7, 11) is 1.79. The molecule has 0 amide bonds. The zero-order chi connectivity index (χ0) is 11.7. The lowest BCUT2D eigenvalue weighted by molar-refractivity contribution is 0.481. The van der Waals surface area contributed by atoms with Gasteiger partial charge < -0.3 is 15.4 Å². The van der Waals surface area contributed by atoms with E-state index in [0.29, 0.717) is 5.82 Å². The predicted octanol–water partition coefficient (Wildman–Crippen LogP) is 2.21. The average molecular weight is 234 g/mol. The number of nitrogens with two attached hydrogens (primary N) is 1. The van der Waals surface area contributed by atoms with Crippen LogP contribution in [0.4, 0.5) is 5.82 Å². The fourth-order valence-electron chi connectivity index (χ4n) is 1.57. The summed E-state index contributed by atoms with van der Waals surface area (Å²) < 4.78 is 1.73. The number of benzene rings is 1. The minimum atomic E-state index is -0.0651. The van der Waals surface area contributed by atoms with E-state index in [4.69, 9.17) is 5.73 Å². The first-order chi connectivity index (χ1) is 7.61. The monoisotopic (exact) mass is 234 g/mol. The number of nitrogens with zero attached hydrogens (tertiary/aromatic N) is 3. The summed E-state index contributed by atoms with van der Waals surface area (Å²) in [6.07, 6.45) is 0. The third-order valence-corrected chi connectivity index (χ3v) is 2.37. The summed E-state index contributed by atoms with van der Waals surface area (Å²) in [6.45, 7) is 0. The van der Waals surface area contributed by atoms with Gasteiger partial charge in [-0.05, 0) is 24.4 Å². The summed E-state index contributed by atoms with van der Waals surface area (Å²) in [5.41, 5.74) is 6.09. The molecule has 82 valence electrons. The van der Waals surface area contributed by atoms with Gasteiger partial charge in [0, 0.05) is 12.4 Å². The zero-order valence-corrected chi connectivity index (χ0v) is 9.40. The summed E-state index contributed by atoms with van der Waals surface area (Å²) in [6, 6.07) is 7.42. The van der Waals surface area contributed by atoms with Crippen molar-refractivity contribution in [1.82, 2.24) is 4.57 Å². The average Bonchev–Trinajstić information content (AvgIpc) is 2.50. The number of aromatic nitrogens is 1. The molecule has 16 heavy (non-hydrogen) atoms. The number of azo groups is 1. The molecule has 1 aromatic heterocycles. The van der Waals surface area contributed by atoms with Crippen LogP contribution >= 0.6 is 12.2 Å². The van der Waals surface area contributed by atoms with Crippen molar-refractivity contribution in [1.29, 1.82) is 0 Å². The van der Waals surface area contributed by atoms with E-state index in [2.05, 4.69) is 22.4 Å². The predicted molar refractivity (Wildman–Crippen MR) is 65.9 cm³/mol. The van der Waals surface area contributed by atoms with Crippen LogP contribution in [0.25, 0.3) is 10.9 Å². The maximum atomic E-state index is 9.92. The molecule has 3 N–H and O–H groups in total. The number of aryl methyl sites for hydroxylation is 1. The molecule has 0 atom stereocenters. The van der Waals surface area contributed by atoms with E-state index < -0.39 is 0 Å². The minimum absolute atomic E-state index is 0.0651. The Morgan fingerprint density at radius 3 is 2.75 bits per heavy atom. The first-order valence-electron chi connectivity index (χ1n) is 4.59. The van der Waals surface area contributed by atoms with Gasteiger partial charge in [0.15, 0.2) is 11.6 Å². The van der Waals surface area contributed by atoms with Crippen molar-refractivity contribution in [2.45, 2.75) is 0 Å². The lowest BCUT2D eigenvalue weighted by Gasteiger charge is -1.96. The van der Waals surface area contributed by atoms with Crippen LogP contribution in [0.2, 0.25) is 0 Å². The summed E-state index contributed by atoms with van der Waals surface area (Å²) >= 11 is 4.59. The van der Waals surface area contributed by atoms with Crippen molar-refractivity contribution < 1.29 is 5.11 Å². The molecular formula is C10H10N4OS.